The van der Waals surface area contributed by atoms with Gasteiger partial charge in [0.25, 0.3) is 5.91 Å². The van der Waals surface area contributed by atoms with Crippen molar-refractivity contribution in [2.24, 2.45) is 0 Å². The highest BCUT2D eigenvalue weighted by molar-refractivity contribution is 7.12. The topological polar surface area (TPSA) is 55.8 Å². The molecule has 0 spiro atoms. The minimum absolute atomic E-state index is 0.0437. The second-order valence-corrected chi connectivity index (χ2v) is 5.16. The van der Waals surface area contributed by atoms with E-state index in [1.165, 1.54) is 18.4 Å². The summed E-state index contributed by atoms with van der Waals surface area (Å²) in [5, 5.41) is 1.92. The standard InChI is InChI=1S/C14H21NO4S/c1-4-11-6-10-20-13(11)14(17)15(8-9-18-2)7-5-12(16)19-3/h6,10H,4-5,7-9H2,1-3H3. The van der Waals surface area contributed by atoms with Gasteiger partial charge >= 0.3 is 5.97 Å². The van der Waals surface area contributed by atoms with Crippen LogP contribution in [0.2, 0.25) is 0 Å². The van der Waals surface area contributed by atoms with Crippen molar-refractivity contribution in [1.82, 2.24) is 4.90 Å². The molecule has 0 aromatic carbocycles. The van der Waals surface area contributed by atoms with Crippen LogP contribution in [0.3, 0.4) is 0 Å². The summed E-state index contributed by atoms with van der Waals surface area (Å²) >= 11 is 1.44. The summed E-state index contributed by atoms with van der Waals surface area (Å²) in [6.07, 6.45) is 1.01. The van der Waals surface area contributed by atoms with Crippen LogP contribution in [0.25, 0.3) is 0 Å². The Morgan fingerprint density at radius 1 is 1.30 bits per heavy atom. The molecule has 0 aliphatic heterocycles. The van der Waals surface area contributed by atoms with E-state index in [0.717, 1.165) is 16.9 Å². The number of nitrogens with zero attached hydrogens (tertiary/aromatic N) is 1. The second-order valence-electron chi connectivity index (χ2n) is 4.24. The molecule has 1 aromatic rings. The van der Waals surface area contributed by atoms with E-state index in [9.17, 15) is 9.59 Å². The summed E-state index contributed by atoms with van der Waals surface area (Å²) < 4.78 is 9.64. The summed E-state index contributed by atoms with van der Waals surface area (Å²) in [6, 6.07) is 1.96. The zero-order valence-corrected chi connectivity index (χ0v) is 13.0. The molecular weight excluding hydrogens is 278 g/mol. The van der Waals surface area contributed by atoms with Gasteiger partial charge in [-0.3, -0.25) is 9.59 Å². The smallest absolute Gasteiger partial charge is 0.307 e. The number of carbonyl (C=O) groups excluding carboxylic acids is 2. The monoisotopic (exact) mass is 299 g/mol. The van der Waals surface area contributed by atoms with Crippen LogP contribution in [0.5, 0.6) is 0 Å². The van der Waals surface area contributed by atoms with E-state index in [-0.39, 0.29) is 18.3 Å². The maximum Gasteiger partial charge on any atom is 0.307 e. The Balaban J connectivity index is 2.75. The molecule has 0 saturated heterocycles. The minimum atomic E-state index is -0.317. The molecule has 6 heteroatoms. The quantitative estimate of drug-likeness (QED) is 0.689. The third-order valence-electron chi connectivity index (χ3n) is 2.99. The molecule has 0 bridgehead atoms. The van der Waals surface area contributed by atoms with Gasteiger partial charge in [-0.1, -0.05) is 6.92 Å². The molecule has 20 heavy (non-hydrogen) atoms. The number of carbonyl (C=O) groups is 2. The highest BCUT2D eigenvalue weighted by Crippen LogP contribution is 2.19. The zero-order valence-electron chi connectivity index (χ0n) is 12.2. The van der Waals surface area contributed by atoms with Crippen LogP contribution in [0, 0.1) is 0 Å². The maximum absolute atomic E-state index is 12.5. The first-order valence-electron chi connectivity index (χ1n) is 6.55. The number of rotatable bonds is 8. The number of methoxy groups -OCH3 is 2. The molecule has 0 fully saturated rings. The third-order valence-corrected chi connectivity index (χ3v) is 3.93. The fraction of sp³-hybridized carbons (Fsp3) is 0.571. The van der Waals surface area contributed by atoms with Crippen molar-refractivity contribution in [3.05, 3.63) is 21.9 Å². The van der Waals surface area contributed by atoms with E-state index in [1.54, 1.807) is 12.0 Å². The van der Waals surface area contributed by atoms with E-state index in [4.69, 9.17) is 4.74 Å². The van der Waals surface area contributed by atoms with Crippen molar-refractivity contribution >= 4 is 23.2 Å². The lowest BCUT2D eigenvalue weighted by Gasteiger charge is -2.21. The van der Waals surface area contributed by atoms with Gasteiger partial charge in [0.15, 0.2) is 0 Å². The molecular formula is C14H21NO4S. The molecule has 0 atom stereocenters. The number of thiophene rings is 1. The molecule has 0 radical (unpaired) electrons. The predicted octanol–water partition coefficient (Wildman–Crippen LogP) is 1.96. The average Bonchev–Trinajstić information content (AvgIpc) is 2.94. The van der Waals surface area contributed by atoms with Gasteiger partial charge in [0.1, 0.15) is 0 Å². The van der Waals surface area contributed by atoms with Gasteiger partial charge in [-0.05, 0) is 23.4 Å². The van der Waals surface area contributed by atoms with Gasteiger partial charge in [-0.25, -0.2) is 0 Å². The first kappa shape index (κ1) is 16.7. The molecule has 0 unspecified atom stereocenters. The largest absolute Gasteiger partial charge is 0.469 e. The van der Waals surface area contributed by atoms with E-state index in [0.29, 0.717) is 19.7 Å². The number of aryl methyl sites for hydroxylation is 1. The molecule has 1 amide bonds. The first-order valence-corrected chi connectivity index (χ1v) is 7.43. The van der Waals surface area contributed by atoms with Crippen LogP contribution in [-0.2, 0) is 20.7 Å². The van der Waals surface area contributed by atoms with Crippen LogP contribution in [0.1, 0.15) is 28.6 Å². The third kappa shape index (κ3) is 4.61. The number of esters is 1. The molecule has 0 aliphatic rings. The highest BCUT2D eigenvalue weighted by atomic mass is 32.1. The molecule has 5 nitrogen and oxygen atoms in total. The fourth-order valence-electron chi connectivity index (χ4n) is 1.79. The molecule has 1 heterocycles. The van der Waals surface area contributed by atoms with Gasteiger partial charge in [0.2, 0.25) is 0 Å². The van der Waals surface area contributed by atoms with Crippen LogP contribution >= 0.6 is 11.3 Å². The van der Waals surface area contributed by atoms with Gasteiger partial charge < -0.3 is 14.4 Å². The SMILES string of the molecule is CCc1ccsc1C(=O)N(CCOC)CCC(=O)OC. The van der Waals surface area contributed by atoms with Crippen molar-refractivity contribution < 1.29 is 19.1 Å². The number of hydrogen-bond acceptors (Lipinski definition) is 5. The van der Waals surface area contributed by atoms with Crippen LogP contribution in [-0.4, -0.2) is 50.7 Å². The van der Waals surface area contributed by atoms with Crippen LogP contribution in [0.15, 0.2) is 11.4 Å². The Morgan fingerprint density at radius 2 is 2.05 bits per heavy atom. The summed E-state index contributed by atoms with van der Waals surface area (Å²) in [6.45, 7) is 3.27. The van der Waals surface area contributed by atoms with Crippen molar-refractivity contribution in [2.45, 2.75) is 19.8 Å². The molecule has 1 aromatic heterocycles. The van der Waals surface area contributed by atoms with Gasteiger partial charge in [0.05, 0.1) is 25.0 Å². The van der Waals surface area contributed by atoms with Crippen LogP contribution in [0.4, 0.5) is 0 Å². The van der Waals surface area contributed by atoms with E-state index in [2.05, 4.69) is 4.74 Å². The van der Waals surface area contributed by atoms with Crippen molar-refractivity contribution in [2.75, 3.05) is 33.9 Å². The lowest BCUT2D eigenvalue weighted by Crippen LogP contribution is -2.35. The van der Waals surface area contributed by atoms with Gasteiger partial charge in [-0.15, -0.1) is 11.3 Å². The van der Waals surface area contributed by atoms with E-state index >= 15 is 0 Å². The van der Waals surface area contributed by atoms with Gasteiger partial charge in [-0.2, -0.15) is 0 Å². The lowest BCUT2D eigenvalue weighted by molar-refractivity contribution is -0.140. The normalized spacial score (nSPS) is 10.3. The minimum Gasteiger partial charge on any atom is -0.469 e. The van der Waals surface area contributed by atoms with E-state index in [1.807, 2.05) is 18.4 Å². The Morgan fingerprint density at radius 3 is 2.65 bits per heavy atom. The summed E-state index contributed by atoms with van der Waals surface area (Å²) in [7, 11) is 2.93. The molecule has 0 N–H and O–H groups in total. The Kier molecular flexibility index (Phi) is 7.25. The predicted molar refractivity (Wildman–Crippen MR) is 78.1 cm³/mol. The van der Waals surface area contributed by atoms with Crippen molar-refractivity contribution in [3.63, 3.8) is 0 Å². The number of hydrogen-bond donors (Lipinski definition) is 0. The number of ether oxygens (including phenoxy) is 2. The van der Waals surface area contributed by atoms with E-state index < -0.39 is 0 Å². The lowest BCUT2D eigenvalue weighted by atomic mass is 10.2. The van der Waals surface area contributed by atoms with Crippen molar-refractivity contribution in [1.29, 1.82) is 0 Å². The Labute approximate surface area is 123 Å². The second kappa shape index (κ2) is 8.71. The maximum atomic E-state index is 12.5. The summed E-state index contributed by atoms with van der Waals surface area (Å²) in [5.74, 6) is -0.361. The van der Waals surface area contributed by atoms with Gasteiger partial charge in [0, 0.05) is 20.2 Å². The van der Waals surface area contributed by atoms with Crippen molar-refractivity contribution in [3.8, 4) is 0 Å². The fourth-order valence-corrected chi connectivity index (χ4v) is 2.75. The zero-order chi connectivity index (χ0) is 15.0. The summed E-state index contributed by atoms with van der Waals surface area (Å²) in [4.78, 5) is 26.1. The molecule has 1 rings (SSSR count). The number of amides is 1. The highest BCUT2D eigenvalue weighted by Gasteiger charge is 2.20. The molecule has 0 saturated carbocycles. The molecule has 112 valence electrons. The first-order chi connectivity index (χ1) is 9.63. The Bertz CT molecular complexity index is 444. The van der Waals surface area contributed by atoms with Crippen LogP contribution < -0.4 is 0 Å². The average molecular weight is 299 g/mol. The molecule has 0 aliphatic carbocycles. The summed E-state index contributed by atoms with van der Waals surface area (Å²) in [5.41, 5.74) is 1.04. The Hall–Kier alpha value is -1.40.